The molecule has 5 N–H and O–H groups in total. The molecule has 2 atom stereocenters. The summed E-state index contributed by atoms with van der Waals surface area (Å²) >= 11 is 0. The Morgan fingerprint density at radius 3 is 2.81 bits per heavy atom. The Morgan fingerprint density at radius 2 is 2.07 bits per heavy atom. The van der Waals surface area contributed by atoms with E-state index in [2.05, 4.69) is 10.4 Å². The Kier molecular flexibility index (Phi) is 4.14. The third-order valence-electron chi connectivity index (χ3n) is 5.34. The van der Waals surface area contributed by atoms with E-state index in [0.717, 1.165) is 28.4 Å². The highest BCUT2D eigenvalue weighted by atomic mass is 19.4. The lowest BCUT2D eigenvalue weighted by Gasteiger charge is -2.28. The summed E-state index contributed by atoms with van der Waals surface area (Å²) in [6.45, 7) is 0.266. The van der Waals surface area contributed by atoms with Gasteiger partial charge in [-0.15, -0.1) is 0 Å². The number of benzene rings is 1. The second-order valence-corrected chi connectivity index (χ2v) is 7.10. The van der Waals surface area contributed by atoms with Gasteiger partial charge in [0.25, 0.3) is 5.91 Å². The molecular weight excluding hydrogens is 359 g/mol. The van der Waals surface area contributed by atoms with Crippen molar-refractivity contribution in [3.63, 3.8) is 0 Å². The summed E-state index contributed by atoms with van der Waals surface area (Å²) in [6, 6.07) is 3.86. The summed E-state index contributed by atoms with van der Waals surface area (Å²) in [5.74, 6) is -0.893. The average molecular weight is 379 g/mol. The van der Waals surface area contributed by atoms with Crippen molar-refractivity contribution in [3.8, 4) is 0 Å². The largest absolute Gasteiger partial charge is 0.418 e. The lowest BCUT2D eigenvalue weighted by Crippen LogP contribution is -2.29. The fourth-order valence-electron chi connectivity index (χ4n) is 3.98. The first-order chi connectivity index (χ1) is 12.8. The van der Waals surface area contributed by atoms with Crippen LogP contribution in [-0.4, -0.2) is 28.3 Å². The van der Waals surface area contributed by atoms with Gasteiger partial charge >= 0.3 is 6.18 Å². The number of carbonyl (C=O) groups excluding carboxylic acids is 1. The summed E-state index contributed by atoms with van der Waals surface area (Å²) in [6.07, 6.45) is -2.17. The minimum Gasteiger partial charge on any atom is -0.384 e. The van der Waals surface area contributed by atoms with Gasteiger partial charge in [0.05, 0.1) is 22.9 Å². The molecule has 0 bridgehead atoms. The van der Waals surface area contributed by atoms with Crippen LogP contribution in [0.15, 0.2) is 18.2 Å². The third-order valence-corrected chi connectivity index (χ3v) is 5.34. The molecule has 2 heterocycles. The predicted octanol–water partition coefficient (Wildman–Crippen LogP) is 2.54. The highest BCUT2D eigenvalue weighted by molar-refractivity contribution is 5.90. The van der Waals surface area contributed by atoms with Crippen molar-refractivity contribution >= 4 is 17.4 Å². The van der Waals surface area contributed by atoms with E-state index in [0.29, 0.717) is 24.8 Å². The molecule has 0 fully saturated rings. The van der Waals surface area contributed by atoms with Gasteiger partial charge in [0, 0.05) is 18.2 Å². The van der Waals surface area contributed by atoms with E-state index in [1.807, 2.05) is 0 Å². The number of fused-ring (bicyclic) bond motifs is 2. The standard InChI is InChI=1S/C18H20F3N5O/c19-18(20,21)13-3-1-2-10-11(6-7-24-15(10)13)17(27)26-16(23)12-8-9(22)4-5-14(12)25-26/h1-3,9,11,24H,4-8,22-23H2/t9-,11?/m1/s1. The summed E-state index contributed by atoms with van der Waals surface area (Å²) in [7, 11) is 0. The number of alkyl halides is 3. The average Bonchev–Trinajstić information content (AvgIpc) is 2.95. The number of anilines is 2. The van der Waals surface area contributed by atoms with Crippen LogP contribution in [-0.2, 0) is 19.0 Å². The molecule has 2 aromatic rings. The minimum atomic E-state index is -4.50. The van der Waals surface area contributed by atoms with E-state index in [1.165, 1.54) is 6.07 Å². The fourth-order valence-corrected chi connectivity index (χ4v) is 3.98. The molecule has 1 aliphatic heterocycles. The number of hydrogen-bond acceptors (Lipinski definition) is 5. The summed E-state index contributed by atoms with van der Waals surface area (Å²) < 4.78 is 41.1. The molecule has 6 nitrogen and oxygen atoms in total. The monoisotopic (exact) mass is 379 g/mol. The number of nitrogens with zero attached hydrogens (tertiary/aromatic N) is 2. The molecule has 4 rings (SSSR count). The smallest absolute Gasteiger partial charge is 0.384 e. The SMILES string of the molecule is Nc1c2c(nn1C(=O)C1CCNc3c1cccc3C(F)(F)F)CC[C@@H](N)C2. The van der Waals surface area contributed by atoms with Gasteiger partial charge in [-0.25, -0.2) is 0 Å². The van der Waals surface area contributed by atoms with Crippen molar-refractivity contribution in [1.29, 1.82) is 0 Å². The number of nitrogens with two attached hydrogens (primary N) is 2. The van der Waals surface area contributed by atoms with Crippen molar-refractivity contribution in [1.82, 2.24) is 9.78 Å². The Bertz CT molecular complexity index is 905. The Labute approximate surface area is 153 Å². The molecule has 0 radical (unpaired) electrons. The highest BCUT2D eigenvalue weighted by Crippen LogP contribution is 2.42. The van der Waals surface area contributed by atoms with E-state index in [4.69, 9.17) is 11.5 Å². The number of nitrogens with one attached hydrogen (secondary N) is 1. The van der Waals surface area contributed by atoms with Crippen molar-refractivity contribution in [2.45, 2.75) is 43.8 Å². The van der Waals surface area contributed by atoms with Gasteiger partial charge in [0.15, 0.2) is 0 Å². The molecule has 1 aromatic carbocycles. The van der Waals surface area contributed by atoms with Gasteiger partial charge in [-0.2, -0.15) is 23.0 Å². The first-order valence-corrected chi connectivity index (χ1v) is 8.87. The second-order valence-electron chi connectivity index (χ2n) is 7.10. The molecule has 1 unspecified atom stereocenters. The van der Waals surface area contributed by atoms with Crippen LogP contribution in [0.3, 0.4) is 0 Å². The van der Waals surface area contributed by atoms with E-state index in [-0.39, 0.29) is 24.1 Å². The number of hydrogen-bond donors (Lipinski definition) is 3. The van der Waals surface area contributed by atoms with Crippen LogP contribution in [0.5, 0.6) is 0 Å². The van der Waals surface area contributed by atoms with Crippen LogP contribution in [0.25, 0.3) is 0 Å². The van der Waals surface area contributed by atoms with E-state index in [9.17, 15) is 18.0 Å². The summed E-state index contributed by atoms with van der Waals surface area (Å²) in [4.78, 5) is 13.1. The van der Waals surface area contributed by atoms with Crippen LogP contribution in [0.1, 0.15) is 45.9 Å². The quantitative estimate of drug-likeness (QED) is 0.707. The predicted molar refractivity (Wildman–Crippen MR) is 94.6 cm³/mol. The molecule has 0 spiro atoms. The van der Waals surface area contributed by atoms with E-state index < -0.39 is 23.6 Å². The minimum absolute atomic E-state index is 0.0264. The Balaban J connectivity index is 1.74. The van der Waals surface area contributed by atoms with Crippen LogP contribution >= 0.6 is 0 Å². The number of halogens is 3. The molecule has 27 heavy (non-hydrogen) atoms. The van der Waals surface area contributed by atoms with Crippen LogP contribution in [0, 0.1) is 0 Å². The topological polar surface area (TPSA) is 99.0 Å². The van der Waals surface area contributed by atoms with Gasteiger partial charge in [-0.1, -0.05) is 12.1 Å². The van der Waals surface area contributed by atoms with Crippen LogP contribution in [0.4, 0.5) is 24.7 Å². The van der Waals surface area contributed by atoms with Gasteiger partial charge < -0.3 is 16.8 Å². The zero-order valence-corrected chi connectivity index (χ0v) is 14.5. The number of aryl methyl sites for hydroxylation is 1. The van der Waals surface area contributed by atoms with Crippen LogP contribution < -0.4 is 16.8 Å². The number of para-hydroxylation sites is 1. The first-order valence-electron chi connectivity index (χ1n) is 8.87. The Hall–Kier alpha value is -2.55. The number of carbonyl (C=O) groups is 1. The molecule has 0 saturated carbocycles. The van der Waals surface area contributed by atoms with Crippen molar-refractivity contribution in [3.05, 3.63) is 40.6 Å². The molecule has 144 valence electrons. The van der Waals surface area contributed by atoms with Gasteiger partial charge in [-0.05, 0) is 37.3 Å². The fraction of sp³-hybridized carbons (Fsp3) is 0.444. The molecular formula is C18H20F3N5O. The maximum absolute atomic E-state index is 13.3. The summed E-state index contributed by atoms with van der Waals surface area (Å²) in [5, 5.41) is 7.14. The zero-order valence-electron chi connectivity index (χ0n) is 14.5. The molecule has 1 aromatic heterocycles. The van der Waals surface area contributed by atoms with Crippen LogP contribution in [0.2, 0.25) is 0 Å². The highest BCUT2D eigenvalue weighted by Gasteiger charge is 2.38. The molecule has 1 aliphatic carbocycles. The van der Waals surface area contributed by atoms with E-state index >= 15 is 0 Å². The lowest BCUT2D eigenvalue weighted by atomic mass is 9.88. The van der Waals surface area contributed by atoms with E-state index in [1.54, 1.807) is 6.07 Å². The van der Waals surface area contributed by atoms with Crippen molar-refractivity contribution in [2.75, 3.05) is 17.6 Å². The second kappa shape index (κ2) is 6.26. The maximum atomic E-state index is 13.3. The lowest BCUT2D eigenvalue weighted by molar-refractivity contribution is -0.137. The van der Waals surface area contributed by atoms with Gasteiger partial charge in [0.2, 0.25) is 0 Å². The van der Waals surface area contributed by atoms with Gasteiger partial charge in [0.1, 0.15) is 5.82 Å². The number of aromatic nitrogens is 2. The maximum Gasteiger partial charge on any atom is 0.418 e. The molecule has 0 amide bonds. The summed E-state index contributed by atoms with van der Waals surface area (Å²) in [5.41, 5.74) is 13.2. The number of nitrogen functional groups attached to an aromatic ring is 1. The Morgan fingerprint density at radius 1 is 1.30 bits per heavy atom. The van der Waals surface area contributed by atoms with Crippen molar-refractivity contribution in [2.24, 2.45) is 5.73 Å². The molecule has 9 heteroatoms. The molecule has 0 saturated heterocycles. The third kappa shape index (κ3) is 2.95. The zero-order chi connectivity index (χ0) is 19.3. The normalized spacial score (nSPS) is 21.9. The number of rotatable bonds is 1. The molecule has 2 aliphatic rings. The van der Waals surface area contributed by atoms with Gasteiger partial charge in [-0.3, -0.25) is 4.79 Å². The van der Waals surface area contributed by atoms with Crippen molar-refractivity contribution < 1.29 is 18.0 Å². The first kappa shape index (κ1) is 17.8.